The van der Waals surface area contributed by atoms with E-state index in [1.165, 1.54) is 0 Å². The predicted octanol–water partition coefficient (Wildman–Crippen LogP) is 0.352. The number of aromatic nitrogens is 3. The molecule has 1 heterocycles. The second kappa shape index (κ2) is 8.16. The molecule has 6 nitrogen and oxygen atoms in total. The summed E-state index contributed by atoms with van der Waals surface area (Å²) in [6.45, 7) is 5.31. The van der Waals surface area contributed by atoms with Crippen LogP contribution >= 0.6 is 0 Å². The van der Waals surface area contributed by atoms with E-state index in [4.69, 9.17) is 15.2 Å². The Hall–Kier alpha value is -0.980. The van der Waals surface area contributed by atoms with E-state index in [-0.39, 0.29) is 0 Å². The van der Waals surface area contributed by atoms with Crippen molar-refractivity contribution in [2.24, 2.45) is 5.73 Å². The van der Waals surface area contributed by atoms with Crippen LogP contribution in [0, 0.1) is 0 Å². The van der Waals surface area contributed by atoms with E-state index in [1.54, 1.807) is 7.11 Å². The lowest BCUT2D eigenvalue weighted by atomic mass is 10.4. The Bertz CT molecular complexity index is 314. The van der Waals surface area contributed by atoms with Gasteiger partial charge in [-0.1, -0.05) is 6.92 Å². The molecule has 1 aromatic heterocycles. The molecule has 1 rings (SSSR count). The summed E-state index contributed by atoms with van der Waals surface area (Å²) in [7, 11) is 1.68. The average Bonchev–Trinajstić information content (AvgIpc) is 2.74. The summed E-state index contributed by atoms with van der Waals surface area (Å²) in [5.74, 6) is 1.71. The quantitative estimate of drug-likeness (QED) is 0.632. The van der Waals surface area contributed by atoms with Crippen molar-refractivity contribution in [1.29, 1.82) is 0 Å². The minimum absolute atomic E-state index is 0.395. The molecule has 0 aliphatic carbocycles. The van der Waals surface area contributed by atoms with Crippen molar-refractivity contribution in [1.82, 2.24) is 14.8 Å². The molecule has 0 spiro atoms. The van der Waals surface area contributed by atoms with Gasteiger partial charge in [0.2, 0.25) is 0 Å². The molecule has 0 aromatic carbocycles. The molecule has 98 valence electrons. The van der Waals surface area contributed by atoms with Gasteiger partial charge in [0.1, 0.15) is 11.6 Å². The number of hydrogen-bond donors (Lipinski definition) is 1. The van der Waals surface area contributed by atoms with Gasteiger partial charge in [-0.15, -0.1) is 10.2 Å². The fraction of sp³-hybridized carbons (Fsp3) is 0.818. The third kappa shape index (κ3) is 4.41. The van der Waals surface area contributed by atoms with E-state index < -0.39 is 0 Å². The van der Waals surface area contributed by atoms with Gasteiger partial charge >= 0.3 is 0 Å². The maximum Gasteiger partial charge on any atom is 0.146 e. The van der Waals surface area contributed by atoms with Crippen LogP contribution in [0.2, 0.25) is 0 Å². The Morgan fingerprint density at radius 1 is 1.18 bits per heavy atom. The molecule has 0 unspecified atom stereocenters. The van der Waals surface area contributed by atoms with Crippen molar-refractivity contribution in [3.8, 4) is 0 Å². The summed E-state index contributed by atoms with van der Waals surface area (Å²) in [5.41, 5.74) is 5.62. The van der Waals surface area contributed by atoms with Crippen molar-refractivity contribution >= 4 is 0 Å². The molecule has 0 radical (unpaired) electrons. The molecule has 0 fully saturated rings. The lowest BCUT2D eigenvalue weighted by Crippen LogP contribution is -2.15. The van der Waals surface area contributed by atoms with Crippen molar-refractivity contribution in [3.05, 3.63) is 11.6 Å². The van der Waals surface area contributed by atoms with E-state index >= 15 is 0 Å². The molecule has 0 saturated heterocycles. The molecule has 6 heteroatoms. The maximum atomic E-state index is 5.62. The summed E-state index contributed by atoms with van der Waals surface area (Å²) < 4.78 is 12.5. The van der Waals surface area contributed by atoms with Gasteiger partial charge in [0.15, 0.2) is 0 Å². The Balaban J connectivity index is 2.53. The highest BCUT2D eigenvalue weighted by atomic mass is 16.5. The van der Waals surface area contributed by atoms with Crippen molar-refractivity contribution < 1.29 is 9.47 Å². The van der Waals surface area contributed by atoms with E-state index in [0.717, 1.165) is 37.6 Å². The molecule has 0 amide bonds. The van der Waals surface area contributed by atoms with Gasteiger partial charge in [-0.2, -0.15) is 0 Å². The van der Waals surface area contributed by atoms with Crippen LogP contribution in [0.15, 0.2) is 0 Å². The van der Waals surface area contributed by atoms with Crippen LogP contribution in [0.25, 0.3) is 0 Å². The van der Waals surface area contributed by atoms with Crippen molar-refractivity contribution in [2.45, 2.75) is 32.9 Å². The highest BCUT2D eigenvalue weighted by Gasteiger charge is 2.10. The number of methoxy groups -OCH3 is 1. The van der Waals surface area contributed by atoms with Crippen molar-refractivity contribution in [3.63, 3.8) is 0 Å². The van der Waals surface area contributed by atoms with Crippen LogP contribution in [0.5, 0.6) is 0 Å². The number of nitrogens with two attached hydrogens (primary N) is 1. The van der Waals surface area contributed by atoms with E-state index in [0.29, 0.717) is 19.8 Å². The van der Waals surface area contributed by atoms with E-state index in [1.807, 2.05) is 4.57 Å². The number of nitrogens with zero attached hydrogens (tertiary/aromatic N) is 3. The van der Waals surface area contributed by atoms with Crippen LogP contribution in [0.3, 0.4) is 0 Å². The first kappa shape index (κ1) is 14.1. The smallest absolute Gasteiger partial charge is 0.146 e. The van der Waals surface area contributed by atoms with Gasteiger partial charge in [0.25, 0.3) is 0 Å². The third-order valence-corrected chi connectivity index (χ3v) is 2.42. The Kier molecular flexibility index (Phi) is 6.76. The predicted molar refractivity (Wildman–Crippen MR) is 64.6 cm³/mol. The van der Waals surface area contributed by atoms with Gasteiger partial charge in [0.05, 0.1) is 19.8 Å². The van der Waals surface area contributed by atoms with Crippen LogP contribution in [-0.2, 0) is 29.0 Å². The topological polar surface area (TPSA) is 75.2 Å². The summed E-state index contributed by atoms with van der Waals surface area (Å²) in [6, 6.07) is 0. The van der Waals surface area contributed by atoms with Gasteiger partial charge in [-0.3, -0.25) is 0 Å². The lowest BCUT2D eigenvalue weighted by Gasteiger charge is -2.08. The molecule has 0 saturated carbocycles. The van der Waals surface area contributed by atoms with Crippen LogP contribution in [0.1, 0.15) is 25.0 Å². The standard InChI is InChI=1S/C11H22N4O2/c1-3-6-17-7-4-10-13-14-11(9-12)15(10)5-8-16-2/h3-9,12H2,1-2H3. The van der Waals surface area contributed by atoms with Crippen LogP contribution in [0.4, 0.5) is 0 Å². The Morgan fingerprint density at radius 2 is 1.94 bits per heavy atom. The molecule has 0 atom stereocenters. The molecular weight excluding hydrogens is 220 g/mol. The largest absolute Gasteiger partial charge is 0.383 e. The fourth-order valence-electron chi connectivity index (χ4n) is 1.56. The zero-order chi connectivity index (χ0) is 12.5. The first-order valence-electron chi connectivity index (χ1n) is 6.01. The van der Waals surface area contributed by atoms with Crippen LogP contribution < -0.4 is 5.73 Å². The highest BCUT2D eigenvalue weighted by Crippen LogP contribution is 2.03. The highest BCUT2D eigenvalue weighted by molar-refractivity contribution is 4.96. The fourth-order valence-corrected chi connectivity index (χ4v) is 1.56. The summed E-state index contributed by atoms with van der Waals surface area (Å²) >= 11 is 0. The SMILES string of the molecule is CCCOCCc1nnc(CN)n1CCOC. The maximum absolute atomic E-state index is 5.62. The minimum atomic E-state index is 0.395. The molecule has 17 heavy (non-hydrogen) atoms. The number of rotatable bonds is 9. The molecular formula is C11H22N4O2. The summed E-state index contributed by atoms with van der Waals surface area (Å²) in [5, 5.41) is 8.20. The van der Waals surface area contributed by atoms with Crippen molar-refractivity contribution in [2.75, 3.05) is 26.9 Å². The zero-order valence-electron chi connectivity index (χ0n) is 10.7. The first-order chi connectivity index (χ1) is 8.33. The minimum Gasteiger partial charge on any atom is -0.383 e. The average molecular weight is 242 g/mol. The Labute approximate surface area is 102 Å². The second-order valence-electron chi connectivity index (χ2n) is 3.74. The van der Waals surface area contributed by atoms with E-state index in [9.17, 15) is 0 Å². The summed E-state index contributed by atoms with van der Waals surface area (Å²) in [6.07, 6.45) is 1.79. The van der Waals surface area contributed by atoms with Gasteiger partial charge in [0, 0.05) is 26.7 Å². The molecule has 0 aliphatic rings. The van der Waals surface area contributed by atoms with Gasteiger partial charge in [-0.05, 0) is 6.42 Å². The summed E-state index contributed by atoms with van der Waals surface area (Å²) in [4.78, 5) is 0. The first-order valence-corrected chi connectivity index (χ1v) is 6.01. The van der Waals surface area contributed by atoms with E-state index in [2.05, 4.69) is 17.1 Å². The normalized spacial score (nSPS) is 11.0. The third-order valence-electron chi connectivity index (χ3n) is 2.42. The van der Waals surface area contributed by atoms with Crippen LogP contribution in [-0.4, -0.2) is 41.7 Å². The zero-order valence-corrected chi connectivity index (χ0v) is 10.7. The number of hydrogen-bond acceptors (Lipinski definition) is 5. The monoisotopic (exact) mass is 242 g/mol. The molecule has 1 aromatic rings. The second-order valence-corrected chi connectivity index (χ2v) is 3.74. The lowest BCUT2D eigenvalue weighted by molar-refractivity contribution is 0.135. The Morgan fingerprint density at radius 3 is 2.59 bits per heavy atom. The molecule has 0 bridgehead atoms. The van der Waals surface area contributed by atoms with Gasteiger partial charge < -0.3 is 19.8 Å². The number of ether oxygens (including phenoxy) is 2. The molecule has 0 aliphatic heterocycles. The van der Waals surface area contributed by atoms with Gasteiger partial charge in [-0.25, -0.2) is 0 Å². The molecule has 2 N–H and O–H groups in total.